The predicted octanol–water partition coefficient (Wildman–Crippen LogP) is 2.20. The SMILES string of the molecule is O=C(Cc1ccccc1F)NNC(=S)NCc1ccc(F)cc1. The van der Waals surface area contributed by atoms with Gasteiger partial charge in [0.25, 0.3) is 0 Å². The van der Waals surface area contributed by atoms with Gasteiger partial charge in [-0.25, -0.2) is 8.78 Å². The van der Waals surface area contributed by atoms with Gasteiger partial charge in [0, 0.05) is 6.54 Å². The fourth-order valence-electron chi connectivity index (χ4n) is 1.81. The second-order valence-corrected chi connectivity index (χ2v) is 5.16. The molecule has 120 valence electrons. The predicted molar refractivity (Wildman–Crippen MR) is 87.2 cm³/mol. The third-order valence-corrected chi connectivity index (χ3v) is 3.24. The van der Waals surface area contributed by atoms with Crippen LogP contribution in [-0.2, 0) is 17.8 Å². The van der Waals surface area contributed by atoms with Gasteiger partial charge in [-0.05, 0) is 41.5 Å². The third-order valence-electron chi connectivity index (χ3n) is 2.99. The number of amides is 1. The summed E-state index contributed by atoms with van der Waals surface area (Å²) in [7, 11) is 0. The molecule has 0 atom stereocenters. The molecule has 0 aliphatic carbocycles. The Bertz CT molecular complexity index is 692. The second kappa shape index (κ2) is 8.19. The van der Waals surface area contributed by atoms with Crippen LogP contribution in [0.25, 0.3) is 0 Å². The van der Waals surface area contributed by atoms with E-state index in [1.54, 1.807) is 30.3 Å². The van der Waals surface area contributed by atoms with E-state index in [9.17, 15) is 13.6 Å². The number of carbonyl (C=O) groups excluding carboxylic acids is 1. The van der Waals surface area contributed by atoms with E-state index in [1.165, 1.54) is 18.2 Å². The molecule has 0 saturated carbocycles. The van der Waals surface area contributed by atoms with E-state index in [1.807, 2.05) is 0 Å². The molecule has 0 bridgehead atoms. The van der Waals surface area contributed by atoms with Crippen molar-refractivity contribution in [3.63, 3.8) is 0 Å². The topological polar surface area (TPSA) is 53.2 Å². The normalized spacial score (nSPS) is 10.0. The van der Waals surface area contributed by atoms with Crippen LogP contribution in [0.3, 0.4) is 0 Å². The highest BCUT2D eigenvalue weighted by Crippen LogP contribution is 2.06. The van der Waals surface area contributed by atoms with Crippen molar-refractivity contribution < 1.29 is 13.6 Å². The van der Waals surface area contributed by atoms with Gasteiger partial charge in [0.1, 0.15) is 11.6 Å². The van der Waals surface area contributed by atoms with Crippen LogP contribution in [0.1, 0.15) is 11.1 Å². The Balaban J connectivity index is 1.72. The van der Waals surface area contributed by atoms with Crippen LogP contribution in [0.2, 0.25) is 0 Å². The Morgan fingerprint density at radius 1 is 1.00 bits per heavy atom. The van der Waals surface area contributed by atoms with Gasteiger partial charge < -0.3 is 5.32 Å². The fourth-order valence-corrected chi connectivity index (χ4v) is 1.94. The summed E-state index contributed by atoms with van der Waals surface area (Å²) in [5, 5.41) is 3.06. The van der Waals surface area contributed by atoms with Gasteiger partial charge in [0.05, 0.1) is 6.42 Å². The molecule has 0 heterocycles. The number of hydrogen-bond donors (Lipinski definition) is 3. The maximum absolute atomic E-state index is 13.4. The molecule has 2 aromatic carbocycles. The number of rotatable bonds is 4. The Kier molecular flexibility index (Phi) is 5.99. The number of nitrogens with one attached hydrogen (secondary N) is 3. The van der Waals surface area contributed by atoms with Crippen molar-refractivity contribution >= 4 is 23.2 Å². The van der Waals surface area contributed by atoms with Crippen molar-refractivity contribution in [1.82, 2.24) is 16.2 Å². The Morgan fingerprint density at radius 3 is 2.39 bits per heavy atom. The van der Waals surface area contributed by atoms with Crippen molar-refractivity contribution in [2.24, 2.45) is 0 Å². The number of halogens is 2. The molecule has 0 radical (unpaired) electrons. The molecule has 2 rings (SSSR count). The van der Waals surface area contributed by atoms with Crippen molar-refractivity contribution in [2.45, 2.75) is 13.0 Å². The first kappa shape index (κ1) is 16.8. The number of hydrazine groups is 1. The Hall–Kier alpha value is -2.54. The van der Waals surface area contributed by atoms with E-state index in [4.69, 9.17) is 12.2 Å². The summed E-state index contributed by atoms with van der Waals surface area (Å²) in [6, 6.07) is 12.0. The number of thiocarbonyl (C=S) groups is 1. The molecule has 4 nitrogen and oxygen atoms in total. The van der Waals surface area contributed by atoms with E-state index in [0.29, 0.717) is 12.1 Å². The van der Waals surface area contributed by atoms with E-state index < -0.39 is 11.7 Å². The highest BCUT2D eigenvalue weighted by molar-refractivity contribution is 7.80. The third kappa shape index (κ3) is 5.63. The number of hydrogen-bond acceptors (Lipinski definition) is 2. The molecule has 0 aromatic heterocycles. The molecule has 0 unspecified atom stereocenters. The zero-order valence-corrected chi connectivity index (χ0v) is 12.9. The van der Waals surface area contributed by atoms with Gasteiger partial charge in [0.15, 0.2) is 5.11 Å². The molecular weight excluding hydrogens is 320 g/mol. The van der Waals surface area contributed by atoms with Gasteiger partial charge in [0.2, 0.25) is 5.91 Å². The first-order valence-electron chi connectivity index (χ1n) is 6.85. The average Bonchev–Trinajstić information content (AvgIpc) is 2.54. The first-order chi connectivity index (χ1) is 11.0. The minimum Gasteiger partial charge on any atom is -0.357 e. The van der Waals surface area contributed by atoms with E-state index >= 15 is 0 Å². The molecule has 2 aromatic rings. The summed E-state index contributed by atoms with van der Waals surface area (Å²) >= 11 is 5.00. The number of benzene rings is 2. The molecule has 3 N–H and O–H groups in total. The molecule has 0 aliphatic rings. The van der Waals surface area contributed by atoms with Crippen LogP contribution >= 0.6 is 12.2 Å². The summed E-state index contributed by atoms with van der Waals surface area (Å²) in [4.78, 5) is 11.7. The minimum atomic E-state index is -0.431. The zero-order valence-electron chi connectivity index (χ0n) is 12.1. The second-order valence-electron chi connectivity index (χ2n) is 4.75. The maximum Gasteiger partial charge on any atom is 0.242 e. The standard InChI is InChI=1S/C16H15F2N3OS/c17-13-7-5-11(6-8-13)10-19-16(23)21-20-15(22)9-12-3-1-2-4-14(12)18/h1-8H,9-10H2,(H,20,22)(H2,19,21,23). The monoisotopic (exact) mass is 335 g/mol. The Labute approximate surface area is 137 Å². The smallest absolute Gasteiger partial charge is 0.242 e. The summed E-state index contributed by atoms with van der Waals surface area (Å²) in [6.45, 7) is 0.384. The van der Waals surface area contributed by atoms with Crippen LogP contribution in [0.15, 0.2) is 48.5 Å². The maximum atomic E-state index is 13.4. The highest BCUT2D eigenvalue weighted by Gasteiger charge is 2.07. The summed E-state index contributed by atoms with van der Waals surface area (Å²) < 4.78 is 26.2. The summed E-state index contributed by atoms with van der Waals surface area (Å²) in [5.41, 5.74) is 6.06. The van der Waals surface area contributed by atoms with Crippen LogP contribution in [0.4, 0.5) is 8.78 Å². The first-order valence-corrected chi connectivity index (χ1v) is 7.26. The van der Waals surface area contributed by atoms with Crippen molar-refractivity contribution in [3.05, 3.63) is 71.3 Å². The molecular formula is C16H15F2N3OS. The van der Waals surface area contributed by atoms with E-state index in [0.717, 1.165) is 5.56 Å². The van der Waals surface area contributed by atoms with Crippen molar-refractivity contribution in [1.29, 1.82) is 0 Å². The van der Waals surface area contributed by atoms with Gasteiger partial charge >= 0.3 is 0 Å². The lowest BCUT2D eigenvalue weighted by molar-refractivity contribution is -0.121. The van der Waals surface area contributed by atoms with Gasteiger partial charge in [-0.2, -0.15) is 0 Å². The van der Waals surface area contributed by atoms with Crippen LogP contribution in [0, 0.1) is 11.6 Å². The van der Waals surface area contributed by atoms with Crippen LogP contribution in [-0.4, -0.2) is 11.0 Å². The summed E-state index contributed by atoms with van der Waals surface area (Å²) in [5.74, 6) is -1.16. The van der Waals surface area contributed by atoms with Crippen LogP contribution in [0.5, 0.6) is 0 Å². The van der Waals surface area contributed by atoms with Gasteiger partial charge in [-0.1, -0.05) is 30.3 Å². The quantitative estimate of drug-likeness (QED) is 0.592. The fraction of sp³-hybridized carbons (Fsp3) is 0.125. The average molecular weight is 335 g/mol. The summed E-state index contributed by atoms with van der Waals surface area (Å²) in [6.07, 6.45) is -0.0970. The molecule has 1 amide bonds. The number of carbonyl (C=O) groups is 1. The van der Waals surface area contributed by atoms with Crippen molar-refractivity contribution in [3.8, 4) is 0 Å². The van der Waals surface area contributed by atoms with Gasteiger partial charge in [-0.3, -0.25) is 15.6 Å². The van der Waals surface area contributed by atoms with Crippen LogP contribution < -0.4 is 16.2 Å². The zero-order chi connectivity index (χ0) is 16.7. The molecule has 0 spiro atoms. The van der Waals surface area contributed by atoms with E-state index in [2.05, 4.69) is 16.2 Å². The molecule has 0 fully saturated rings. The lowest BCUT2D eigenvalue weighted by atomic mass is 10.1. The Morgan fingerprint density at radius 2 is 1.70 bits per heavy atom. The molecule has 7 heteroatoms. The lowest BCUT2D eigenvalue weighted by Crippen LogP contribution is -2.47. The molecule has 0 saturated heterocycles. The van der Waals surface area contributed by atoms with E-state index in [-0.39, 0.29) is 17.4 Å². The van der Waals surface area contributed by atoms with Crippen molar-refractivity contribution in [2.75, 3.05) is 0 Å². The lowest BCUT2D eigenvalue weighted by Gasteiger charge is -2.12. The molecule has 0 aliphatic heterocycles. The highest BCUT2D eigenvalue weighted by atomic mass is 32.1. The van der Waals surface area contributed by atoms with Gasteiger partial charge in [-0.15, -0.1) is 0 Å². The largest absolute Gasteiger partial charge is 0.357 e. The minimum absolute atomic E-state index is 0.0970. The molecule has 23 heavy (non-hydrogen) atoms.